The number of hydrogen-bond acceptors (Lipinski definition) is 4. The van der Waals surface area contributed by atoms with Gasteiger partial charge in [0.05, 0.1) is 13.2 Å². The van der Waals surface area contributed by atoms with Crippen molar-refractivity contribution >= 4 is 11.8 Å². The molecule has 0 unspecified atom stereocenters. The summed E-state index contributed by atoms with van der Waals surface area (Å²) in [6, 6.07) is 0. The molecule has 2 heterocycles. The van der Waals surface area contributed by atoms with Crippen molar-refractivity contribution in [3.8, 4) is 0 Å². The molecule has 1 saturated carbocycles. The third kappa shape index (κ3) is 5.02. The van der Waals surface area contributed by atoms with Gasteiger partial charge in [0.1, 0.15) is 0 Å². The molecule has 6 heteroatoms. The summed E-state index contributed by atoms with van der Waals surface area (Å²) in [5.74, 6) is 0.480. The summed E-state index contributed by atoms with van der Waals surface area (Å²) >= 11 is 0. The number of carbonyl (C=O) groups is 2. The van der Waals surface area contributed by atoms with E-state index in [9.17, 15) is 9.59 Å². The predicted octanol–water partition coefficient (Wildman–Crippen LogP) is 2.03. The fraction of sp³-hybridized carbons (Fsp3) is 0.905. The summed E-state index contributed by atoms with van der Waals surface area (Å²) in [7, 11) is 0. The zero-order valence-corrected chi connectivity index (χ0v) is 17.2. The summed E-state index contributed by atoms with van der Waals surface area (Å²) in [4.78, 5) is 29.4. The standard InChI is InChI=1S/C21H37N3O3/c1-17(2)20(26)23-10-6-18(7-11-23)19(25)22-16-21(8-4-3-5-9-21)24-12-14-27-15-13-24/h17-18H,3-16H2,1-2H3,(H,22,25). The van der Waals surface area contributed by atoms with Crippen LogP contribution in [0.15, 0.2) is 0 Å². The van der Waals surface area contributed by atoms with Gasteiger partial charge in [-0.2, -0.15) is 0 Å². The lowest BCUT2D eigenvalue weighted by Gasteiger charge is -2.48. The van der Waals surface area contributed by atoms with E-state index in [4.69, 9.17) is 4.74 Å². The highest BCUT2D eigenvalue weighted by atomic mass is 16.5. The van der Waals surface area contributed by atoms with Gasteiger partial charge in [-0.05, 0) is 25.7 Å². The molecule has 0 aromatic heterocycles. The molecule has 6 nitrogen and oxygen atoms in total. The number of piperidine rings is 1. The Bertz CT molecular complexity index is 503. The molecule has 27 heavy (non-hydrogen) atoms. The number of hydrogen-bond donors (Lipinski definition) is 1. The van der Waals surface area contributed by atoms with E-state index in [1.165, 1.54) is 32.1 Å². The van der Waals surface area contributed by atoms with Crippen LogP contribution in [0.5, 0.6) is 0 Å². The maximum atomic E-state index is 12.8. The summed E-state index contributed by atoms with van der Waals surface area (Å²) < 4.78 is 5.54. The summed E-state index contributed by atoms with van der Waals surface area (Å²) in [6.45, 7) is 9.63. The molecule has 3 rings (SSSR count). The molecular weight excluding hydrogens is 342 g/mol. The zero-order valence-electron chi connectivity index (χ0n) is 17.2. The molecule has 0 aromatic rings. The van der Waals surface area contributed by atoms with Crippen LogP contribution in [0.2, 0.25) is 0 Å². The van der Waals surface area contributed by atoms with Gasteiger partial charge >= 0.3 is 0 Å². The highest BCUT2D eigenvalue weighted by Gasteiger charge is 2.39. The van der Waals surface area contributed by atoms with Gasteiger partial charge in [-0.15, -0.1) is 0 Å². The number of ether oxygens (including phenoxy) is 1. The van der Waals surface area contributed by atoms with Crippen molar-refractivity contribution in [3.05, 3.63) is 0 Å². The van der Waals surface area contributed by atoms with E-state index in [1.807, 2.05) is 18.7 Å². The lowest BCUT2D eigenvalue weighted by atomic mass is 9.79. The lowest BCUT2D eigenvalue weighted by molar-refractivity contribution is -0.138. The molecule has 3 fully saturated rings. The van der Waals surface area contributed by atoms with E-state index in [0.717, 1.165) is 45.7 Å². The van der Waals surface area contributed by atoms with Gasteiger partial charge in [0.25, 0.3) is 0 Å². The Morgan fingerprint density at radius 1 is 1.04 bits per heavy atom. The van der Waals surface area contributed by atoms with Crippen molar-refractivity contribution in [1.29, 1.82) is 0 Å². The van der Waals surface area contributed by atoms with E-state index >= 15 is 0 Å². The number of rotatable bonds is 5. The molecule has 0 bridgehead atoms. The molecule has 0 spiro atoms. The van der Waals surface area contributed by atoms with Gasteiger partial charge < -0.3 is 15.0 Å². The normalized spacial score (nSPS) is 24.8. The summed E-state index contributed by atoms with van der Waals surface area (Å²) in [5.41, 5.74) is 0.117. The van der Waals surface area contributed by atoms with Crippen molar-refractivity contribution in [2.45, 2.75) is 64.3 Å². The zero-order chi connectivity index (χ0) is 19.3. The number of carbonyl (C=O) groups excluding carboxylic acids is 2. The van der Waals surface area contributed by atoms with Crippen LogP contribution in [0.3, 0.4) is 0 Å². The van der Waals surface area contributed by atoms with Gasteiger partial charge in [0.2, 0.25) is 11.8 Å². The first-order chi connectivity index (χ1) is 13.0. The van der Waals surface area contributed by atoms with Crippen molar-refractivity contribution in [2.75, 3.05) is 45.9 Å². The Hall–Kier alpha value is -1.14. The maximum absolute atomic E-state index is 12.8. The fourth-order valence-electron chi connectivity index (χ4n) is 4.98. The van der Waals surface area contributed by atoms with Gasteiger partial charge in [0, 0.05) is 50.1 Å². The highest BCUT2D eigenvalue weighted by Crippen LogP contribution is 2.34. The molecule has 0 radical (unpaired) electrons. The van der Waals surface area contributed by atoms with Crippen LogP contribution in [-0.2, 0) is 14.3 Å². The largest absolute Gasteiger partial charge is 0.379 e. The number of nitrogens with one attached hydrogen (secondary N) is 1. The first-order valence-corrected chi connectivity index (χ1v) is 10.9. The quantitative estimate of drug-likeness (QED) is 0.794. The first-order valence-electron chi connectivity index (χ1n) is 10.9. The van der Waals surface area contributed by atoms with Crippen molar-refractivity contribution in [2.24, 2.45) is 11.8 Å². The van der Waals surface area contributed by atoms with E-state index in [0.29, 0.717) is 13.1 Å². The van der Waals surface area contributed by atoms with E-state index < -0.39 is 0 Å². The minimum atomic E-state index is 0.0371. The molecule has 3 aliphatic rings. The molecule has 1 aliphatic carbocycles. The van der Waals surface area contributed by atoms with Crippen LogP contribution in [0.25, 0.3) is 0 Å². The van der Waals surface area contributed by atoms with E-state index in [2.05, 4.69) is 10.2 Å². The van der Waals surface area contributed by atoms with E-state index in [1.54, 1.807) is 0 Å². The second-order valence-corrected chi connectivity index (χ2v) is 8.86. The Kier molecular flexibility index (Phi) is 7.15. The average Bonchev–Trinajstić information content (AvgIpc) is 2.73. The molecule has 0 atom stereocenters. The Labute approximate surface area is 164 Å². The molecule has 2 saturated heterocycles. The molecular formula is C21H37N3O3. The van der Waals surface area contributed by atoms with Crippen LogP contribution < -0.4 is 5.32 Å². The van der Waals surface area contributed by atoms with Crippen molar-refractivity contribution in [3.63, 3.8) is 0 Å². The smallest absolute Gasteiger partial charge is 0.225 e. The minimum Gasteiger partial charge on any atom is -0.379 e. The van der Waals surface area contributed by atoms with Crippen LogP contribution in [0, 0.1) is 11.8 Å². The van der Waals surface area contributed by atoms with Crippen molar-refractivity contribution in [1.82, 2.24) is 15.1 Å². The van der Waals surface area contributed by atoms with Gasteiger partial charge in [-0.3, -0.25) is 14.5 Å². The maximum Gasteiger partial charge on any atom is 0.225 e. The van der Waals surface area contributed by atoms with Gasteiger partial charge in [-0.25, -0.2) is 0 Å². The first kappa shape index (κ1) is 20.6. The lowest BCUT2D eigenvalue weighted by Crippen LogP contribution is -2.60. The third-order valence-corrected chi connectivity index (χ3v) is 6.73. The predicted molar refractivity (Wildman–Crippen MR) is 105 cm³/mol. The Balaban J connectivity index is 1.51. The van der Waals surface area contributed by atoms with E-state index in [-0.39, 0.29) is 29.2 Å². The second kappa shape index (κ2) is 9.37. The number of amides is 2. The molecule has 1 N–H and O–H groups in total. The van der Waals surface area contributed by atoms with Crippen LogP contribution in [-0.4, -0.2) is 73.1 Å². The summed E-state index contributed by atoms with van der Waals surface area (Å²) in [5, 5.41) is 3.30. The Morgan fingerprint density at radius 2 is 1.67 bits per heavy atom. The monoisotopic (exact) mass is 379 g/mol. The minimum absolute atomic E-state index is 0.0371. The van der Waals surface area contributed by atoms with Gasteiger partial charge in [0.15, 0.2) is 0 Å². The molecule has 0 aromatic carbocycles. The highest BCUT2D eigenvalue weighted by molar-refractivity contribution is 5.80. The molecule has 2 aliphatic heterocycles. The van der Waals surface area contributed by atoms with Crippen LogP contribution in [0.1, 0.15) is 58.8 Å². The Morgan fingerprint density at radius 3 is 2.26 bits per heavy atom. The SMILES string of the molecule is CC(C)C(=O)N1CCC(C(=O)NCC2(N3CCOCC3)CCCCC2)CC1. The van der Waals surface area contributed by atoms with Crippen LogP contribution in [0.4, 0.5) is 0 Å². The van der Waals surface area contributed by atoms with Gasteiger partial charge in [-0.1, -0.05) is 33.1 Å². The molecule has 2 amide bonds. The fourth-order valence-corrected chi connectivity index (χ4v) is 4.98. The number of morpholine rings is 1. The topological polar surface area (TPSA) is 61.9 Å². The number of likely N-dealkylation sites (tertiary alicyclic amines) is 1. The summed E-state index contributed by atoms with van der Waals surface area (Å²) in [6.07, 6.45) is 7.74. The van der Waals surface area contributed by atoms with Crippen LogP contribution >= 0.6 is 0 Å². The third-order valence-electron chi connectivity index (χ3n) is 6.73. The number of nitrogens with zero attached hydrogens (tertiary/aromatic N) is 2. The average molecular weight is 380 g/mol. The molecule has 154 valence electrons. The second-order valence-electron chi connectivity index (χ2n) is 8.86. The van der Waals surface area contributed by atoms with Crippen molar-refractivity contribution < 1.29 is 14.3 Å².